The van der Waals surface area contributed by atoms with Crippen LogP contribution >= 0.6 is 11.3 Å². The average Bonchev–Trinajstić information content (AvgIpc) is 3.61. The normalized spacial score (nSPS) is 14.9. The Kier molecular flexibility index (Phi) is 5.71. The molecule has 0 aliphatic carbocycles. The molecule has 172 valence electrons. The lowest BCUT2D eigenvalue weighted by Crippen LogP contribution is -2.36. The molecule has 7 heteroatoms. The van der Waals surface area contributed by atoms with Gasteiger partial charge in [-0.15, -0.1) is 11.3 Å². The molecule has 0 bridgehead atoms. The summed E-state index contributed by atoms with van der Waals surface area (Å²) >= 11 is 1.73. The lowest BCUT2D eigenvalue weighted by Gasteiger charge is -2.17. The number of para-hydroxylation sites is 1. The Labute approximate surface area is 204 Å². The van der Waals surface area contributed by atoms with Gasteiger partial charge in [0.25, 0.3) is 0 Å². The smallest absolute Gasteiger partial charge is 0.140 e. The SMILES string of the molecule is O=S(N[C@@H](CO)Cc1c[nH]c2ccccc12)c1cc(-c2cc3ccccc3s2)cc2c1OCC2. The third-order valence-corrected chi connectivity index (χ3v) is 8.71. The number of benzene rings is 3. The number of rotatable bonds is 7. The van der Waals surface area contributed by atoms with Crippen molar-refractivity contribution in [2.45, 2.75) is 23.8 Å². The zero-order valence-electron chi connectivity index (χ0n) is 18.4. The van der Waals surface area contributed by atoms with Gasteiger partial charge in [0.1, 0.15) is 16.7 Å². The summed E-state index contributed by atoms with van der Waals surface area (Å²) in [5, 5.41) is 12.4. The highest BCUT2D eigenvalue weighted by molar-refractivity contribution is 7.83. The summed E-state index contributed by atoms with van der Waals surface area (Å²) in [6.07, 6.45) is 3.32. The summed E-state index contributed by atoms with van der Waals surface area (Å²) in [6.45, 7) is 0.471. The molecule has 0 fully saturated rings. The van der Waals surface area contributed by atoms with Crippen LogP contribution in [0.2, 0.25) is 0 Å². The highest BCUT2D eigenvalue weighted by Gasteiger charge is 2.24. The first-order valence-corrected chi connectivity index (χ1v) is 13.3. The molecular weight excluding hydrogens is 464 g/mol. The van der Waals surface area contributed by atoms with E-state index in [1.165, 1.54) is 10.1 Å². The number of aliphatic hydroxyl groups is 1. The van der Waals surface area contributed by atoms with Crippen LogP contribution in [0, 0.1) is 0 Å². The molecule has 0 radical (unpaired) electrons. The van der Waals surface area contributed by atoms with Crippen molar-refractivity contribution in [1.82, 2.24) is 9.71 Å². The van der Waals surface area contributed by atoms with Gasteiger partial charge in [-0.05, 0) is 58.8 Å². The lowest BCUT2D eigenvalue weighted by atomic mass is 10.1. The van der Waals surface area contributed by atoms with Gasteiger partial charge in [-0.1, -0.05) is 36.4 Å². The Morgan fingerprint density at radius 3 is 2.85 bits per heavy atom. The first-order valence-electron chi connectivity index (χ1n) is 11.3. The monoisotopic (exact) mass is 488 g/mol. The number of hydrogen-bond acceptors (Lipinski definition) is 4. The molecule has 0 spiro atoms. The number of nitrogens with one attached hydrogen (secondary N) is 2. The highest BCUT2D eigenvalue weighted by Crippen LogP contribution is 2.40. The van der Waals surface area contributed by atoms with Crippen LogP contribution in [-0.2, 0) is 23.8 Å². The van der Waals surface area contributed by atoms with Crippen molar-refractivity contribution in [3.8, 4) is 16.2 Å². The van der Waals surface area contributed by atoms with Gasteiger partial charge in [0.05, 0.1) is 18.1 Å². The van der Waals surface area contributed by atoms with Gasteiger partial charge in [-0.25, -0.2) is 8.93 Å². The summed E-state index contributed by atoms with van der Waals surface area (Å²) in [7, 11) is -1.53. The molecule has 2 aromatic heterocycles. The van der Waals surface area contributed by atoms with Crippen molar-refractivity contribution in [1.29, 1.82) is 0 Å². The minimum Gasteiger partial charge on any atom is -0.492 e. The minimum absolute atomic E-state index is 0.121. The zero-order chi connectivity index (χ0) is 23.1. The van der Waals surface area contributed by atoms with Crippen molar-refractivity contribution in [2.75, 3.05) is 13.2 Å². The molecule has 0 saturated carbocycles. The van der Waals surface area contributed by atoms with Crippen molar-refractivity contribution in [2.24, 2.45) is 0 Å². The van der Waals surface area contributed by atoms with Gasteiger partial charge in [-0.2, -0.15) is 0 Å². The first-order chi connectivity index (χ1) is 16.7. The van der Waals surface area contributed by atoms with Crippen LogP contribution in [0.25, 0.3) is 31.4 Å². The number of fused-ring (bicyclic) bond motifs is 3. The summed E-state index contributed by atoms with van der Waals surface area (Å²) in [5.74, 6) is 0.708. The molecule has 5 aromatic rings. The van der Waals surface area contributed by atoms with Crippen molar-refractivity contribution in [3.05, 3.63) is 84.1 Å². The molecule has 3 aromatic carbocycles. The largest absolute Gasteiger partial charge is 0.492 e. The van der Waals surface area contributed by atoms with Gasteiger partial charge in [0.2, 0.25) is 0 Å². The molecule has 1 unspecified atom stereocenters. The van der Waals surface area contributed by atoms with E-state index in [1.807, 2.05) is 42.6 Å². The number of aromatic nitrogens is 1. The Morgan fingerprint density at radius 2 is 1.97 bits per heavy atom. The van der Waals surface area contributed by atoms with Gasteiger partial charge < -0.3 is 14.8 Å². The minimum atomic E-state index is -1.53. The van der Waals surface area contributed by atoms with Crippen molar-refractivity contribution >= 4 is 43.3 Å². The maximum Gasteiger partial charge on any atom is 0.140 e. The topological polar surface area (TPSA) is 74.4 Å². The van der Waals surface area contributed by atoms with E-state index in [2.05, 4.69) is 40.0 Å². The van der Waals surface area contributed by atoms with E-state index in [0.29, 0.717) is 23.7 Å². The van der Waals surface area contributed by atoms with Gasteiger partial charge in [0.15, 0.2) is 0 Å². The lowest BCUT2D eigenvalue weighted by molar-refractivity contribution is 0.257. The number of aromatic amines is 1. The summed E-state index contributed by atoms with van der Waals surface area (Å²) in [4.78, 5) is 5.05. The standard InChI is InChI=1S/C27H24N2O3S2/c30-16-21(12-20-15-28-23-7-3-2-6-22(20)23)29-34(31)26-14-19(11-18-9-10-32-27(18)26)25-13-17-5-1-4-8-24(17)33-25/h1-8,11,13-15,21,28-30H,9-10,12,16H2/t21-,34?/m1/s1. The predicted molar refractivity (Wildman–Crippen MR) is 139 cm³/mol. The van der Waals surface area contributed by atoms with Crippen LogP contribution < -0.4 is 9.46 Å². The van der Waals surface area contributed by atoms with Crippen LogP contribution in [0.5, 0.6) is 5.75 Å². The molecule has 5 nitrogen and oxygen atoms in total. The molecule has 6 rings (SSSR count). The molecule has 2 atom stereocenters. The highest BCUT2D eigenvalue weighted by atomic mass is 32.2. The summed E-state index contributed by atoms with van der Waals surface area (Å²) in [6, 6.07) is 22.4. The Hall–Kier alpha value is -2.97. The third-order valence-electron chi connectivity index (χ3n) is 6.29. The number of hydrogen-bond donors (Lipinski definition) is 3. The van der Waals surface area contributed by atoms with E-state index in [4.69, 9.17) is 4.74 Å². The van der Waals surface area contributed by atoms with E-state index in [0.717, 1.165) is 38.9 Å². The Bertz CT molecular complexity index is 1490. The van der Waals surface area contributed by atoms with Crippen LogP contribution in [-0.4, -0.2) is 33.6 Å². The number of H-pyrrole nitrogens is 1. The van der Waals surface area contributed by atoms with E-state index in [-0.39, 0.29) is 12.6 Å². The van der Waals surface area contributed by atoms with Crippen LogP contribution in [0.15, 0.2) is 77.8 Å². The van der Waals surface area contributed by atoms with Crippen LogP contribution in [0.4, 0.5) is 0 Å². The third kappa shape index (κ3) is 3.95. The van der Waals surface area contributed by atoms with E-state index < -0.39 is 11.0 Å². The zero-order valence-corrected chi connectivity index (χ0v) is 20.0. The van der Waals surface area contributed by atoms with Crippen molar-refractivity contribution < 1.29 is 14.1 Å². The number of ether oxygens (including phenoxy) is 1. The van der Waals surface area contributed by atoms with E-state index >= 15 is 0 Å². The average molecular weight is 489 g/mol. The van der Waals surface area contributed by atoms with Crippen LogP contribution in [0.3, 0.4) is 0 Å². The fraction of sp³-hybridized carbons (Fsp3) is 0.185. The second-order valence-electron chi connectivity index (χ2n) is 8.54. The van der Waals surface area contributed by atoms with Crippen LogP contribution in [0.1, 0.15) is 11.1 Å². The molecule has 0 amide bonds. The van der Waals surface area contributed by atoms with Gasteiger partial charge >= 0.3 is 0 Å². The fourth-order valence-electron chi connectivity index (χ4n) is 4.60. The molecule has 1 aliphatic heterocycles. The van der Waals surface area contributed by atoms with Gasteiger partial charge in [-0.3, -0.25) is 0 Å². The second-order valence-corrected chi connectivity index (χ2v) is 10.8. The van der Waals surface area contributed by atoms with Gasteiger partial charge in [0, 0.05) is 39.1 Å². The van der Waals surface area contributed by atoms with E-state index in [1.54, 1.807) is 11.3 Å². The Morgan fingerprint density at radius 1 is 1.12 bits per heavy atom. The number of aliphatic hydroxyl groups excluding tert-OH is 1. The van der Waals surface area contributed by atoms with E-state index in [9.17, 15) is 9.32 Å². The number of thiophene rings is 1. The maximum absolute atomic E-state index is 13.5. The predicted octanol–water partition coefficient (Wildman–Crippen LogP) is 5.20. The van der Waals surface area contributed by atoms with Crippen molar-refractivity contribution in [3.63, 3.8) is 0 Å². The molecule has 34 heavy (non-hydrogen) atoms. The molecule has 1 aliphatic rings. The molecule has 3 N–H and O–H groups in total. The fourth-order valence-corrected chi connectivity index (χ4v) is 6.83. The molecular formula is C27H24N2O3S2. The molecule has 3 heterocycles. The first kappa shape index (κ1) is 21.6. The molecule has 0 saturated heterocycles. The summed E-state index contributed by atoms with van der Waals surface area (Å²) in [5.41, 5.74) is 4.27. The summed E-state index contributed by atoms with van der Waals surface area (Å²) < 4.78 is 23.8. The maximum atomic E-state index is 13.5. The second kappa shape index (κ2) is 9.00. The Balaban J connectivity index is 1.30. The quantitative estimate of drug-likeness (QED) is 0.295.